The Balaban J connectivity index is 2.49. The number of aryl methyl sites for hydroxylation is 1. The number of nitrogens with one attached hydrogen (secondary N) is 1. The molecule has 0 aliphatic heterocycles. The summed E-state index contributed by atoms with van der Waals surface area (Å²) in [6.07, 6.45) is 8.32. The monoisotopic (exact) mass is 269 g/mol. The summed E-state index contributed by atoms with van der Waals surface area (Å²) in [6.45, 7) is 7.92. The van der Waals surface area contributed by atoms with Gasteiger partial charge in [-0.1, -0.05) is 37.8 Å². The van der Waals surface area contributed by atoms with Gasteiger partial charge in [-0.2, -0.15) is 0 Å². The lowest BCUT2D eigenvalue weighted by Crippen LogP contribution is -2.05. The molecule has 1 unspecified atom stereocenters. The van der Waals surface area contributed by atoms with Crippen molar-refractivity contribution in [1.82, 2.24) is 4.98 Å². The molecule has 2 N–H and O–H groups in total. The van der Waals surface area contributed by atoms with Crippen molar-refractivity contribution in [3.63, 3.8) is 0 Å². The first-order valence-electron chi connectivity index (χ1n) is 7.28. The van der Waals surface area contributed by atoms with E-state index in [0.29, 0.717) is 0 Å². The van der Waals surface area contributed by atoms with Crippen LogP contribution in [0.25, 0.3) is 23.1 Å². The molecule has 0 aliphatic rings. The normalized spacial score (nSPS) is 13.2. The molecule has 20 heavy (non-hydrogen) atoms. The maximum absolute atomic E-state index is 9.78. The third-order valence-electron chi connectivity index (χ3n) is 3.74. The third-order valence-corrected chi connectivity index (χ3v) is 3.74. The standard InChI is InChI=1S/C18H23NO/c1-4-8-15-16(6-3)19-17-10-7-9-13(18(15)17)11-12-14(20)5-2/h4,6-10,14,19-20H,3,5,11-12H2,1-2H3/b8-4-. The van der Waals surface area contributed by atoms with Crippen molar-refractivity contribution in [2.75, 3.05) is 0 Å². The highest BCUT2D eigenvalue weighted by Gasteiger charge is 2.11. The molecule has 0 amide bonds. The van der Waals surface area contributed by atoms with E-state index >= 15 is 0 Å². The Morgan fingerprint density at radius 3 is 2.85 bits per heavy atom. The van der Waals surface area contributed by atoms with Crippen LogP contribution in [0.2, 0.25) is 0 Å². The van der Waals surface area contributed by atoms with E-state index in [0.717, 1.165) is 30.5 Å². The predicted octanol–water partition coefficient (Wildman–Crippen LogP) is 4.55. The lowest BCUT2D eigenvalue weighted by Gasteiger charge is -2.09. The SMILES string of the molecule is C=Cc1[nH]c2cccc(CCC(O)CC)c2c1/C=C\C. The molecule has 2 aromatic rings. The minimum Gasteiger partial charge on any atom is -0.393 e. The van der Waals surface area contributed by atoms with Gasteiger partial charge in [0.15, 0.2) is 0 Å². The molecule has 1 atom stereocenters. The smallest absolute Gasteiger partial charge is 0.0540 e. The summed E-state index contributed by atoms with van der Waals surface area (Å²) >= 11 is 0. The number of hydrogen-bond donors (Lipinski definition) is 2. The molecule has 0 saturated carbocycles. The number of benzene rings is 1. The van der Waals surface area contributed by atoms with Crippen LogP contribution in [0.4, 0.5) is 0 Å². The maximum atomic E-state index is 9.78. The fourth-order valence-corrected chi connectivity index (χ4v) is 2.60. The highest BCUT2D eigenvalue weighted by atomic mass is 16.3. The van der Waals surface area contributed by atoms with E-state index in [4.69, 9.17) is 0 Å². The summed E-state index contributed by atoms with van der Waals surface area (Å²) < 4.78 is 0. The second kappa shape index (κ2) is 6.58. The third kappa shape index (κ3) is 2.86. The minimum absolute atomic E-state index is 0.215. The van der Waals surface area contributed by atoms with E-state index in [1.54, 1.807) is 0 Å². The summed E-state index contributed by atoms with van der Waals surface area (Å²) in [6, 6.07) is 6.31. The predicted molar refractivity (Wildman–Crippen MR) is 87.7 cm³/mol. The van der Waals surface area contributed by atoms with Crippen molar-refractivity contribution in [2.24, 2.45) is 0 Å². The Bertz CT molecular complexity index is 622. The highest BCUT2D eigenvalue weighted by Crippen LogP contribution is 2.29. The zero-order valence-electron chi connectivity index (χ0n) is 12.3. The van der Waals surface area contributed by atoms with E-state index in [9.17, 15) is 5.11 Å². The largest absolute Gasteiger partial charge is 0.393 e. The molecule has 1 aromatic heterocycles. The number of aromatic nitrogens is 1. The zero-order chi connectivity index (χ0) is 14.5. The van der Waals surface area contributed by atoms with Crippen molar-refractivity contribution in [2.45, 2.75) is 39.2 Å². The van der Waals surface area contributed by atoms with Gasteiger partial charge in [-0.15, -0.1) is 0 Å². The fourth-order valence-electron chi connectivity index (χ4n) is 2.60. The molecule has 0 bridgehead atoms. The number of aromatic amines is 1. The van der Waals surface area contributed by atoms with Crippen LogP contribution in [0.5, 0.6) is 0 Å². The highest BCUT2D eigenvalue weighted by molar-refractivity contribution is 5.95. The molecule has 1 aromatic carbocycles. The van der Waals surface area contributed by atoms with Gasteiger partial charge in [0.1, 0.15) is 0 Å². The quantitative estimate of drug-likeness (QED) is 0.793. The Morgan fingerprint density at radius 1 is 1.40 bits per heavy atom. The molecular formula is C18H23NO. The molecule has 2 nitrogen and oxygen atoms in total. The molecule has 0 radical (unpaired) electrons. The van der Waals surface area contributed by atoms with Crippen molar-refractivity contribution < 1.29 is 5.11 Å². The Morgan fingerprint density at radius 2 is 2.20 bits per heavy atom. The molecule has 0 saturated heterocycles. The van der Waals surface area contributed by atoms with Crippen LogP contribution in [0.3, 0.4) is 0 Å². The van der Waals surface area contributed by atoms with Gasteiger partial charge < -0.3 is 10.1 Å². The summed E-state index contributed by atoms with van der Waals surface area (Å²) in [4.78, 5) is 3.41. The molecule has 2 rings (SSSR count). The first-order chi connectivity index (χ1) is 9.71. The summed E-state index contributed by atoms with van der Waals surface area (Å²) in [7, 11) is 0. The first-order valence-corrected chi connectivity index (χ1v) is 7.28. The minimum atomic E-state index is -0.215. The molecule has 2 heteroatoms. The molecule has 0 fully saturated rings. The molecule has 106 valence electrons. The van der Waals surface area contributed by atoms with Gasteiger partial charge >= 0.3 is 0 Å². The number of fused-ring (bicyclic) bond motifs is 1. The van der Waals surface area contributed by atoms with E-state index in [1.807, 2.05) is 26.0 Å². The summed E-state index contributed by atoms with van der Waals surface area (Å²) in [5.74, 6) is 0. The Labute approximate surface area is 120 Å². The van der Waals surface area contributed by atoms with Crippen LogP contribution < -0.4 is 0 Å². The number of aliphatic hydroxyl groups excluding tert-OH is 1. The van der Waals surface area contributed by atoms with Crippen molar-refractivity contribution in [1.29, 1.82) is 0 Å². The van der Waals surface area contributed by atoms with Crippen LogP contribution in [0, 0.1) is 0 Å². The van der Waals surface area contributed by atoms with Gasteiger partial charge in [-0.05, 0) is 43.9 Å². The van der Waals surface area contributed by atoms with Gasteiger partial charge in [0, 0.05) is 22.2 Å². The average Bonchev–Trinajstić information content (AvgIpc) is 2.83. The summed E-state index contributed by atoms with van der Waals surface area (Å²) in [5, 5.41) is 11.0. The second-order valence-corrected chi connectivity index (χ2v) is 5.10. The number of hydrogen-bond acceptors (Lipinski definition) is 1. The Kier molecular flexibility index (Phi) is 4.80. The number of allylic oxidation sites excluding steroid dienone is 1. The van der Waals surface area contributed by atoms with Gasteiger partial charge in [0.2, 0.25) is 0 Å². The lowest BCUT2D eigenvalue weighted by atomic mass is 9.98. The van der Waals surface area contributed by atoms with Crippen LogP contribution in [0.15, 0.2) is 30.9 Å². The topological polar surface area (TPSA) is 36.0 Å². The Hall–Kier alpha value is -1.80. The molecule has 0 aliphatic carbocycles. The molecule has 1 heterocycles. The van der Waals surface area contributed by atoms with Gasteiger partial charge in [0.05, 0.1) is 6.10 Å². The van der Waals surface area contributed by atoms with Gasteiger partial charge in [0.25, 0.3) is 0 Å². The average molecular weight is 269 g/mol. The zero-order valence-corrected chi connectivity index (χ0v) is 12.3. The first kappa shape index (κ1) is 14.6. The molecule has 0 spiro atoms. The van der Waals surface area contributed by atoms with E-state index in [1.165, 1.54) is 16.5 Å². The second-order valence-electron chi connectivity index (χ2n) is 5.10. The van der Waals surface area contributed by atoms with Crippen LogP contribution in [-0.4, -0.2) is 16.2 Å². The van der Waals surface area contributed by atoms with Crippen LogP contribution in [-0.2, 0) is 6.42 Å². The van der Waals surface area contributed by atoms with Crippen LogP contribution in [0.1, 0.15) is 43.5 Å². The number of H-pyrrole nitrogens is 1. The van der Waals surface area contributed by atoms with Crippen molar-refractivity contribution >= 4 is 23.1 Å². The lowest BCUT2D eigenvalue weighted by molar-refractivity contribution is 0.161. The van der Waals surface area contributed by atoms with Crippen LogP contribution >= 0.6 is 0 Å². The van der Waals surface area contributed by atoms with E-state index in [-0.39, 0.29) is 6.10 Å². The van der Waals surface area contributed by atoms with Crippen molar-refractivity contribution in [3.8, 4) is 0 Å². The van der Waals surface area contributed by atoms with Crippen molar-refractivity contribution in [3.05, 3.63) is 47.7 Å². The summed E-state index contributed by atoms with van der Waals surface area (Å²) in [5.41, 5.74) is 4.67. The maximum Gasteiger partial charge on any atom is 0.0540 e. The number of aliphatic hydroxyl groups is 1. The van der Waals surface area contributed by atoms with Gasteiger partial charge in [-0.3, -0.25) is 0 Å². The molecular weight excluding hydrogens is 246 g/mol. The van der Waals surface area contributed by atoms with Gasteiger partial charge in [-0.25, -0.2) is 0 Å². The van der Waals surface area contributed by atoms with E-state index in [2.05, 4.69) is 35.8 Å². The van der Waals surface area contributed by atoms with E-state index < -0.39 is 0 Å². The fraction of sp³-hybridized carbons (Fsp3) is 0.333. The number of rotatable bonds is 6.